The zero-order chi connectivity index (χ0) is 24.8. The highest BCUT2D eigenvalue weighted by Gasteiger charge is 2.22. The van der Waals surface area contributed by atoms with Crippen LogP contribution in [0, 0.1) is 5.92 Å². The van der Waals surface area contributed by atoms with E-state index in [1.54, 1.807) is 44.2 Å². The number of azo groups is 1. The molecule has 0 bridgehead atoms. The number of carboxylic acid groups (broad SMARTS) is 1. The third kappa shape index (κ3) is 6.09. The van der Waals surface area contributed by atoms with Crippen molar-refractivity contribution < 1.29 is 19.5 Å². The van der Waals surface area contributed by atoms with Gasteiger partial charge in [-0.05, 0) is 48.9 Å². The second kappa shape index (κ2) is 10.5. The minimum absolute atomic E-state index is 0.0261. The van der Waals surface area contributed by atoms with Gasteiger partial charge in [-0.2, -0.15) is 15.2 Å². The van der Waals surface area contributed by atoms with E-state index in [-0.39, 0.29) is 41.9 Å². The molecule has 3 rings (SSSR count). The number of nitrogens with two attached hydrogens (primary N) is 2. The molecule has 1 heterocycles. The second-order valence-corrected chi connectivity index (χ2v) is 7.94. The molecule has 1 atom stereocenters. The van der Waals surface area contributed by atoms with E-state index in [2.05, 4.69) is 25.5 Å². The van der Waals surface area contributed by atoms with E-state index < -0.39 is 17.9 Å². The number of carbonyl (C=O) groups is 3. The zero-order valence-electron chi connectivity index (χ0n) is 18.7. The van der Waals surface area contributed by atoms with Crippen molar-refractivity contribution in [3.63, 3.8) is 0 Å². The van der Waals surface area contributed by atoms with Crippen molar-refractivity contribution in [2.75, 3.05) is 11.5 Å². The summed E-state index contributed by atoms with van der Waals surface area (Å²) in [5.74, 6) is -1.67. The molecule has 0 unspecified atom stereocenters. The average molecular weight is 463 g/mol. The van der Waals surface area contributed by atoms with Crippen LogP contribution in [-0.4, -0.2) is 38.8 Å². The summed E-state index contributed by atoms with van der Waals surface area (Å²) in [6.45, 7) is 3.49. The predicted molar refractivity (Wildman–Crippen MR) is 127 cm³/mol. The Kier molecular flexibility index (Phi) is 7.46. The van der Waals surface area contributed by atoms with Gasteiger partial charge >= 0.3 is 5.97 Å². The van der Waals surface area contributed by atoms with Crippen molar-refractivity contribution in [3.05, 3.63) is 48.0 Å². The minimum Gasteiger partial charge on any atom is -0.480 e. The summed E-state index contributed by atoms with van der Waals surface area (Å²) >= 11 is 0. The number of aliphatic carboxylic acids is 1. The molecule has 0 spiro atoms. The quantitative estimate of drug-likeness (QED) is 0.347. The van der Waals surface area contributed by atoms with Gasteiger partial charge < -0.3 is 21.9 Å². The maximum absolute atomic E-state index is 12.5. The van der Waals surface area contributed by atoms with E-state index in [1.807, 2.05) is 0 Å². The molecular formula is C23H25N7O4. The Bertz CT molecular complexity index is 1260. The zero-order valence-corrected chi connectivity index (χ0v) is 18.7. The van der Waals surface area contributed by atoms with E-state index in [0.29, 0.717) is 22.3 Å². The molecule has 0 aliphatic rings. The molecule has 1 aromatic heterocycles. The average Bonchev–Trinajstić information content (AvgIpc) is 2.80. The Morgan fingerprint density at radius 1 is 1.00 bits per heavy atom. The number of nitrogens with zero attached hydrogens (tertiary/aromatic N) is 4. The molecule has 0 fully saturated rings. The van der Waals surface area contributed by atoms with Crippen molar-refractivity contribution in [1.82, 2.24) is 15.3 Å². The van der Waals surface area contributed by atoms with Gasteiger partial charge in [-0.25, -0.2) is 9.78 Å². The Morgan fingerprint density at radius 2 is 1.65 bits per heavy atom. The molecule has 34 heavy (non-hydrogen) atoms. The standard InChI is InChI=1S/C23H25N7O4/c1-12(2)19(31)10-9-18(22(33)34)26-21(32)13-3-5-14(6-4-13)29-30-15-7-8-17-16(11-15)20(24)28-23(25)27-17/h3-8,11-12,18H,9-10H2,1-2H3,(H,26,32)(H,33,34)(H4,24,25,27,28)/t18-/m0/s1. The van der Waals surface area contributed by atoms with Gasteiger partial charge in [-0.1, -0.05) is 13.8 Å². The van der Waals surface area contributed by atoms with Crippen LogP contribution in [0.5, 0.6) is 0 Å². The molecule has 0 aliphatic carbocycles. The van der Waals surface area contributed by atoms with E-state index in [4.69, 9.17) is 11.5 Å². The number of carbonyl (C=O) groups excluding carboxylic acids is 2. The smallest absolute Gasteiger partial charge is 0.326 e. The molecule has 1 amide bonds. The number of nitrogens with one attached hydrogen (secondary N) is 1. The SMILES string of the molecule is CC(C)C(=O)CC[C@H](NC(=O)c1ccc(N=Nc2ccc3nc(N)nc(N)c3c2)cc1)C(=O)O. The van der Waals surface area contributed by atoms with Gasteiger partial charge in [-0.15, -0.1) is 0 Å². The van der Waals surface area contributed by atoms with Gasteiger partial charge in [0.05, 0.1) is 16.9 Å². The summed E-state index contributed by atoms with van der Waals surface area (Å²) < 4.78 is 0. The van der Waals surface area contributed by atoms with E-state index in [1.165, 1.54) is 12.1 Å². The first kappa shape index (κ1) is 24.2. The number of aromatic nitrogens is 2. The molecule has 2 aromatic carbocycles. The van der Waals surface area contributed by atoms with Crippen LogP contribution in [0.25, 0.3) is 10.9 Å². The van der Waals surface area contributed by atoms with Gasteiger partial charge in [0.15, 0.2) is 0 Å². The maximum atomic E-state index is 12.5. The number of anilines is 2. The largest absolute Gasteiger partial charge is 0.480 e. The normalized spacial score (nSPS) is 12.2. The Hall–Kier alpha value is -4.41. The van der Waals surface area contributed by atoms with Crippen molar-refractivity contribution in [2.45, 2.75) is 32.7 Å². The summed E-state index contributed by atoms with van der Waals surface area (Å²) in [6, 6.07) is 10.1. The lowest BCUT2D eigenvalue weighted by molar-refractivity contribution is -0.139. The second-order valence-electron chi connectivity index (χ2n) is 7.94. The fraction of sp³-hybridized carbons (Fsp3) is 0.261. The Balaban J connectivity index is 1.66. The van der Waals surface area contributed by atoms with Gasteiger partial charge in [0.2, 0.25) is 5.95 Å². The van der Waals surface area contributed by atoms with Crippen molar-refractivity contribution in [1.29, 1.82) is 0 Å². The number of carboxylic acids is 1. The third-order valence-electron chi connectivity index (χ3n) is 5.06. The van der Waals surface area contributed by atoms with E-state index in [9.17, 15) is 19.5 Å². The lowest BCUT2D eigenvalue weighted by atomic mass is 10.0. The van der Waals surface area contributed by atoms with E-state index in [0.717, 1.165) is 0 Å². The Labute approximate surface area is 195 Å². The number of nitrogen functional groups attached to an aromatic ring is 2. The summed E-state index contributed by atoms with van der Waals surface area (Å²) in [5, 5.41) is 20.7. The lowest BCUT2D eigenvalue weighted by Crippen LogP contribution is -2.41. The number of hydrogen-bond acceptors (Lipinski definition) is 9. The third-order valence-corrected chi connectivity index (χ3v) is 5.06. The highest BCUT2D eigenvalue weighted by molar-refractivity contribution is 5.97. The number of fused-ring (bicyclic) bond motifs is 1. The first-order valence-electron chi connectivity index (χ1n) is 10.5. The van der Waals surface area contributed by atoms with E-state index >= 15 is 0 Å². The van der Waals surface area contributed by atoms with Crippen LogP contribution in [0.1, 0.15) is 37.0 Å². The van der Waals surface area contributed by atoms with Crippen LogP contribution >= 0.6 is 0 Å². The highest BCUT2D eigenvalue weighted by atomic mass is 16.4. The molecule has 6 N–H and O–H groups in total. The molecule has 0 saturated carbocycles. The van der Waals surface area contributed by atoms with Crippen molar-refractivity contribution >= 4 is 51.7 Å². The van der Waals surface area contributed by atoms with Gasteiger partial charge in [0, 0.05) is 23.3 Å². The molecule has 0 radical (unpaired) electrons. The van der Waals surface area contributed by atoms with Crippen LogP contribution in [-0.2, 0) is 9.59 Å². The van der Waals surface area contributed by atoms with Crippen LogP contribution < -0.4 is 16.8 Å². The fourth-order valence-corrected chi connectivity index (χ4v) is 3.09. The maximum Gasteiger partial charge on any atom is 0.326 e. The number of ketones is 1. The summed E-state index contributed by atoms with van der Waals surface area (Å²) in [7, 11) is 0. The lowest BCUT2D eigenvalue weighted by Gasteiger charge is -2.15. The van der Waals surface area contributed by atoms with Gasteiger partial charge in [-0.3, -0.25) is 9.59 Å². The molecule has 11 nitrogen and oxygen atoms in total. The minimum atomic E-state index is -1.19. The first-order chi connectivity index (χ1) is 16.1. The van der Waals surface area contributed by atoms with Gasteiger partial charge in [0.1, 0.15) is 17.6 Å². The van der Waals surface area contributed by atoms with Crippen LogP contribution in [0.3, 0.4) is 0 Å². The number of Topliss-reactive ketones (excluding diaryl/α,β-unsaturated/α-hetero) is 1. The van der Waals surface area contributed by atoms with Crippen LogP contribution in [0.2, 0.25) is 0 Å². The van der Waals surface area contributed by atoms with Gasteiger partial charge in [0.25, 0.3) is 5.91 Å². The number of rotatable bonds is 9. The monoisotopic (exact) mass is 463 g/mol. The summed E-state index contributed by atoms with van der Waals surface area (Å²) in [5.41, 5.74) is 13.3. The van der Waals surface area contributed by atoms with Crippen LogP contribution in [0.15, 0.2) is 52.7 Å². The summed E-state index contributed by atoms with van der Waals surface area (Å²) in [6.07, 6.45) is 0.104. The Morgan fingerprint density at radius 3 is 2.29 bits per heavy atom. The summed E-state index contributed by atoms with van der Waals surface area (Å²) in [4.78, 5) is 43.7. The molecule has 0 saturated heterocycles. The van der Waals surface area contributed by atoms with Crippen molar-refractivity contribution in [2.24, 2.45) is 16.1 Å². The van der Waals surface area contributed by atoms with Crippen molar-refractivity contribution in [3.8, 4) is 0 Å². The molecule has 11 heteroatoms. The predicted octanol–water partition coefficient (Wildman–Crippen LogP) is 3.40. The molecule has 3 aromatic rings. The first-order valence-corrected chi connectivity index (χ1v) is 10.5. The topological polar surface area (TPSA) is 186 Å². The fourth-order valence-electron chi connectivity index (χ4n) is 3.09. The molecule has 176 valence electrons. The highest BCUT2D eigenvalue weighted by Crippen LogP contribution is 2.26. The number of amides is 1. The van der Waals surface area contributed by atoms with Crippen LogP contribution in [0.4, 0.5) is 23.1 Å². The number of hydrogen-bond donors (Lipinski definition) is 4. The number of benzene rings is 2. The molecule has 0 aliphatic heterocycles. The molecular weight excluding hydrogens is 438 g/mol.